The largest absolute Gasteiger partial charge is 0.417 e. The number of hydrogen-bond acceptors (Lipinski definition) is 1. The van der Waals surface area contributed by atoms with Gasteiger partial charge in [0, 0.05) is 5.69 Å². The molecule has 0 saturated heterocycles. The van der Waals surface area contributed by atoms with E-state index >= 15 is 0 Å². The smallest absolute Gasteiger partial charge is 0.298 e. The first-order valence-electron chi connectivity index (χ1n) is 3.64. The molecule has 82 valence electrons. The lowest BCUT2D eigenvalue weighted by Gasteiger charge is -2.10. The lowest BCUT2D eigenvalue weighted by Crippen LogP contribution is -2.08. The van der Waals surface area contributed by atoms with Crippen LogP contribution < -0.4 is 5.32 Å². The van der Waals surface area contributed by atoms with E-state index in [1.54, 1.807) is 5.32 Å². The van der Waals surface area contributed by atoms with Gasteiger partial charge in [-0.15, -0.1) is 4.39 Å². The van der Waals surface area contributed by atoms with Gasteiger partial charge in [-0.3, -0.25) is 5.32 Å². The van der Waals surface area contributed by atoms with Crippen LogP contribution in [0.2, 0.25) is 5.02 Å². The summed E-state index contributed by atoms with van der Waals surface area (Å²) in [6.45, 7) is 0. The second kappa shape index (κ2) is 4.06. The van der Waals surface area contributed by atoms with Crippen molar-refractivity contribution in [3.8, 4) is 0 Å². The fourth-order valence-corrected chi connectivity index (χ4v) is 1.16. The molecule has 0 fully saturated rings. The van der Waals surface area contributed by atoms with Gasteiger partial charge in [0.2, 0.25) is 0 Å². The monoisotopic (exact) mass is 241 g/mol. The average Bonchev–Trinajstić information content (AvgIpc) is 2.05. The van der Waals surface area contributed by atoms with Crippen LogP contribution >= 0.6 is 11.6 Å². The molecule has 15 heavy (non-hydrogen) atoms. The maximum atomic E-state index is 12.3. The van der Waals surface area contributed by atoms with Gasteiger partial charge in [0.05, 0.1) is 10.6 Å². The first kappa shape index (κ1) is 11.8. The van der Waals surface area contributed by atoms with E-state index in [4.69, 9.17) is 11.6 Å². The predicted molar refractivity (Wildman–Crippen MR) is 46.6 cm³/mol. The maximum Gasteiger partial charge on any atom is 0.417 e. The van der Waals surface area contributed by atoms with Gasteiger partial charge in [0.25, 0.3) is 0 Å². The summed E-state index contributed by atoms with van der Waals surface area (Å²) in [7, 11) is 0. The van der Waals surface area contributed by atoms with Gasteiger partial charge in [0.1, 0.15) is 0 Å². The van der Waals surface area contributed by atoms with E-state index in [1.807, 2.05) is 0 Å². The first-order valence-corrected chi connectivity index (χ1v) is 4.02. The summed E-state index contributed by atoms with van der Waals surface area (Å²) in [6, 6.07) is 2.55. The Morgan fingerprint density at radius 1 is 1.33 bits per heavy atom. The van der Waals surface area contributed by atoms with E-state index in [9.17, 15) is 22.4 Å². The fraction of sp³-hybridized carbons (Fsp3) is 0.125. The molecule has 0 radical (unpaired) electrons. The summed E-state index contributed by atoms with van der Waals surface area (Å²) in [5, 5.41) is 1.07. The fourth-order valence-electron chi connectivity index (χ4n) is 0.934. The Hall–Kier alpha value is -1.30. The molecule has 2 nitrogen and oxygen atoms in total. The molecule has 1 aromatic rings. The molecule has 1 N–H and O–H groups in total. The second-order valence-corrected chi connectivity index (χ2v) is 3.00. The average molecular weight is 242 g/mol. The topological polar surface area (TPSA) is 29.1 Å². The minimum absolute atomic E-state index is 0.306. The summed E-state index contributed by atoms with van der Waals surface area (Å²) >= 11 is 5.29. The summed E-state index contributed by atoms with van der Waals surface area (Å²) in [6.07, 6.45) is -6.58. The molecule has 0 aromatic heterocycles. The number of carbonyl (C=O) groups is 1. The third-order valence-corrected chi connectivity index (χ3v) is 1.84. The van der Waals surface area contributed by atoms with Crippen molar-refractivity contribution in [1.82, 2.24) is 0 Å². The zero-order valence-electron chi connectivity index (χ0n) is 7.03. The van der Waals surface area contributed by atoms with Crippen LogP contribution in [0.4, 0.5) is 28.0 Å². The molecule has 0 aliphatic heterocycles. The normalized spacial score (nSPS) is 11.3. The Kier molecular flexibility index (Phi) is 3.18. The van der Waals surface area contributed by atoms with Crippen LogP contribution in [-0.2, 0) is 6.18 Å². The van der Waals surface area contributed by atoms with Crippen LogP contribution in [0, 0.1) is 0 Å². The lowest BCUT2D eigenvalue weighted by molar-refractivity contribution is -0.137. The molecule has 0 bridgehead atoms. The van der Waals surface area contributed by atoms with Crippen molar-refractivity contribution >= 4 is 23.4 Å². The van der Waals surface area contributed by atoms with Gasteiger partial charge in [-0.05, 0) is 18.2 Å². The minimum atomic E-state index is -4.64. The van der Waals surface area contributed by atoms with Crippen LogP contribution in [0.1, 0.15) is 5.56 Å². The second-order valence-electron chi connectivity index (χ2n) is 2.59. The van der Waals surface area contributed by atoms with Gasteiger partial charge < -0.3 is 0 Å². The van der Waals surface area contributed by atoms with Gasteiger partial charge in [-0.25, -0.2) is 4.79 Å². The number of hydrogen-bond donors (Lipinski definition) is 1. The van der Waals surface area contributed by atoms with Crippen molar-refractivity contribution < 1.29 is 22.4 Å². The molecule has 0 unspecified atom stereocenters. The highest BCUT2D eigenvalue weighted by Gasteiger charge is 2.33. The SMILES string of the molecule is O=C(F)Nc1ccc(Cl)c(C(F)(F)F)c1. The first-order chi connectivity index (χ1) is 6.80. The molecule has 1 rings (SSSR count). The molecule has 0 atom stereocenters. The number of anilines is 1. The summed E-state index contributed by atoms with van der Waals surface area (Å²) < 4.78 is 48.7. The summed E-state index contributed by atoms with van der Waals surface area (Å²) in [4.78, 5) is 9.97. The van der Waals surface area contributed by atoms with Crippen molar-refractivity contribution in [2.75, 3.05) is 5.32 Å². The molecular formula is C8H4ClF4NO. The Morgan fingerprint density at radius 2 is 1.93 bits per heavy atom. The highest BCUT2D eigenvalue weighted by atomic mass is 35.5. The van der Waals surface area contributed by atoms with Crippen LogP contribution in [0.3, 0.4) is 0 Å². The zero-order valence-corrected chi connectivity index (χ0v) is 7.79. The molecular weight excluding hydrogens is 238 g/mol. The van der Waals surface area contributed by atoms with E-state index in [2.05, 4.69) is 0 Å². The molecule has 0 aliphatic carbocycles. The Morgan fingerprint density at radius 3 is 2.40 bits per heavy atom. The molecule has 1 amide bonds. The number of carbonyl (C=O) groups excluding carboxylic acids is 1. The van der Waals surface area contributed by atoms with Crippen LogP contribution in [-0.4, -0.2) is 6.16 Å². The molecule has 0 saturated carbocycles. The van der Waals surface area contributed by atoms with E-state index in [-0.39, 0.29) is 5.69 Å². The number of benzene rings is 1. The highest BCUT2D eigenvalue weighted by molar-refractivity contribution is 6.31. The van der Waals surface area contributed by atoms with Gasteiger partial charge in [-0.2, -0.15) is 13.2 Å². The zero-order chi connectivity index (χ0) is 11.6. The van der Waals surface area contributed by atoms with Crippen molar-refractivity contribution in [2.24, 2.45) is 0 Å². The van der Waals surface area contributed by atoms with E-state index < -0.39 is 22.9 Å². The predicted octanol–water partition coefficient (Wildman–Crippen LogP) is 3.86. The van der Waals surface area contributed by atoms with Crippen molar-refractivity contribution in [3.05, 3.63) is 28.8 Å². The number of halogens is 5. The van der Waals surface area contributed by atoms with Gasteiger partial charge >= 0.3 is 12.3 Å². The van der Waals surface area contributed by atoms with E-state index in [0.29, 0.717) is 6.07 Å². The van der Waals surface area contributed by atoms with E-state index in [0.717, 1.165) is 12.1 Å². The molecule has 0 spiro atoms. The van der Waals surface area contributed by atoms with Crippen LogP contribution in [0.15, 0.2) is 18.2 Å². The number of alkyl halides is 3. The van der Waals surface area contributed by atoms with Crippen molar-refractivity contribution in [3.63, 3.8) is 0 Å². The number of nitrogens with one attached hydrogen (secondary N) is 1. The highest BCUT2D eigenvalue weighted by Crippen LogP contribution is 2.36. The quantitative estimate of drug-likeness (QED) is 0.451. The summed E-state index contributed by atoms with van der Waals surface area (Å²) in [5.74, 6) is 0. The molecule has 1 aromatic carbocycles. The number of rotatable bonds is 1. The van der Waals surface area contributed by atoms with Crippen LogP contribution in [0.25, 0.3) is 0 Å². The van der Waals surface area contributed by atoms with Crippen LogP contribution in [0.5, 0.6) is 0 Å². The van der Waals surface area contributed by atoms with E-state index in [1.165, 1.54) is 0 Å². The van der Waals surface area contributed by atoms with Crippen molar-refractivity contribution in [2.45, 2.75) is 6.18 Å². The van der Waals surface area contributed by atoms with Crippen molar-refractivity contribution in [1.29, 1.82) is 0 Å². The third-order valence-electron chi connectivity index (χ3n) is 1.51. The molecule has 0 heterocycles. The minimum Gasteiger partial charge on any atom is -0.298 e. The van der Waals surface area contributed by atoms with Gasteiger partial charge in [0.15, 0.2) is 0 Å². The Balaban J connectivity index is 3.11. The molecule has 0 aliphatic rings. The third kappa shape index (κ3) is 3.09. The molecule has 7 heteroatoms. The Labute approximate surface area is 86.8 Å². The summed E-state index contributed by atoms with van der Waals surface area (Å²) in [5.41, 5.74) is -1.44. The number of amides is 1. The maximum absolute atomic E-state index is 12.3. The Bertz CT molecular complexity index is 391. The lowest BCUT2D eigenvalue weighted by atomic mass is 10.2. The standard InChI is InChI=1S/C8H4ClF4NO/c9-6-2-1-4(14-7(10)15)3-5(6)8(11,12)13/h1-3H,(H,14,15). The van der Waals surface area contributed by atoms with Gasteiger partial charge in [-0.1, -0.05) is 11.6 Å².